The Labute approximate surface area is 208 Å². The molecule has 184 valence electrons. The molecule has 0 atom stereocenters. The third kappa shape index (κ3) is 10.7. The average molecular weight is 501 g/mol. The first-order valence-corrected chi connectivity index (χ1v) is 10.6. The van der Waals surface area contributed by atoms with Crippen LogP contribution >= 0.6 is 24.8 Å². The molecule has 0 radical (unpaired) electrons. The molecule has 2 aliphatic heterocycles. The quantitative estimate of drug-likeness (QED) is 0.647. The number of nitrogens with one attached hydrogen (secondary N) is 1. The van der Waals surface area contributed by atoms with Gasteiger partial charge in [-0.05, 0) is 56.2 Å². The molecule has 2 fully saturated rings. The molecule has 0 unspecified atom stereocenters. The van der Waals surface area contributed by atoms with Gasteiger partial charge in [-0.3, -0.25) is 9.97 Å². The topological polar surface area (TPSA) is 85.8 Å². The second-order valence-electron chi connectivity index (χ2n) is 8.62. The fourth-order valence-corrected chi connectivity index (χ4v) is 2.79. The van der Waals surface area contributed by atoms with E-state index < -0.39 is 5.60 Å². The van der Waals surface area contributed by atoms with Crippen molar-refractivity contribution in [3.63, 3.8) is 0 Å². The molecular formula is C23H34Cl2N4O4. The number of pyridine rings is 2. The van der Waals surface area contributed by atoms with Gasteiger partial charge in [-0.2, -0.15) is 0 Å². The van der Waals surface area contributed by atoms with Gasteiger partial charge in [0, 0.05) is 37.9 Å². The maximum absolute atomic E-state index is 11.7. The Hall–Kier alpha value is -1.97. The van der Waals surface area contributed by atoms with E-state index in [9.17, 15) is 4.79 Å². The van der Waals surface area contributed by atoms with E-state index in [-0.39, 0.29) is 37.0 Å². The van der Waals surface area contributed by atoms with Crippen molar-refractivity contribution in [2.24, 2.45) is 0 Å². The van der Waals surface area contributed by atoms with Crippen molar-refractivity contribution in [2.75, 3.05) is 26.2 Å². The normalized spacial score (nSPS) is 15.5. The maximum Gasteiger partial charge on any atom is 0.410 e. The molecule has 0 saturated carbocycles. The van der Waals surface area contributed by atoms with Crippen molar-refractivity contribution in [1.29, 1.82) is 0 Å². The molecular weight excluding hydrogens is 467 g/mol. The Morgan fingerprint density at radius 3 is 1.76 bits per heavy atom. The van der Waals surface area contributed by atoms with Crippen LogP contribution in [0.1, 0.15) is 31.9 Å². The first-order valence-electron chi connectivity index (χ1n) is 10.6. The second-order valence-corrected chi connectivity index (χ2v) is 8.62. The third-order valence-electron chi connectivity index (χ3n) is 4.71. The first kappa shape index (κ1) is 29.1. The zero-order valence-electron chi connectivity index (χ0n) is 19.3. The Morgan fingerprint density at radius 2 is 1.36 bits per heavy atom. The summed E-state index contributed by atoms with van der Waals surface area (Å²) in [5.74, 6) is 0. The monoisotopic (exact) mass is 500 g/mol. The molecule has 10 heteroatoms. The Balaban J connectivity index is 0.000000338. The summed E-state index contributed by atoms with van der Waals surface area (Å²) in [7, 11) is 0. The summed E-state index contributed by atoms with van der Waals surface area (Å²) in [6.07, 6.45) is 7.31. The highest BCUT2D eigenvalue weighted by atomic mass is 35.5. The third-order valence-corrected chi connectivity index (χ3v) is 4.71. The van der Waals surface area contributed by atoms with Crippen LogP contribution in [-0.2, 0) is 27.4 Å². The number of amides is 1. The molecule has 33 heavy (non-hydrogen) atoms. The van der Waals surface area contributed by atoms with E-state index in [1.165, 1.54) is 5.56 Å². The molecule has 0 aromatic carbocycles. The highest BCUT2D eigenvalue weighted by Gasteiger charge is 2.34. The summed E-state index contributed by atoms with van der Waals surface area (Å²) in [5, 5.41) is 3.16. The van der Waals surface area contributed by atoms with Crippen molar-refractivity contribution in [3.8, 4) is 0 Å². The number of hydrogen-bond donors (Lipinski definition) is 1. The largest absolute Gasteiger partial charge is 0.444 e. The van der Waals surface area contributed by atoms with E-state index in [1.807, 2.05) is 45.0 Å². The van der Waals surface area contributed by atoms with E-state index >= 15 is 0 Å². The molecule has 4 rings (SSSR count). The van der Waals surface area contributed by atoms with Crippen LogP contribution in [0.2, 0.25) is 0 Å². The van der Waals surface area contributed by atoms with Crippen LogP contribution in [-0.4, -0.2) is 64.9 Å². The predicted molar refractivity (Wildman–Crippen MR) is 131 cm³/mol. The molecule has 0 bridgehead atoms. The molecule has 4 heterocycles. The van der Waals surface area contributed by atoms with Crippen molar-refractivity contribution in [3.05, 3.63) is 60.2 Å². The molecule has 0 spiro atoms. The summed E-state index contributed by atoms with van der Waals surface area (Å²) in [6.45, 7) is 10.0. The average Bonchev–Trinajstić information content (AvgIpc) is 2.66. The number of ether oxygens (including phenoxy) is 3. The highest BCUT2D eigenvalue weighted by Crippen LogP contribution is 2.18. The van der Waals surface area contributed by atoms with Gasteiger partial charge < -0.3 is 24.4 Å². The van der Waals surface area contributed by atoms with Crippen LogP contribution in [0.4, 0.5) is 4.79 Å². The number of carbonyl (C=O) groups is 1. The number of nitrogens with zero attached hydrogens (tertiary/aromatic N) is 3. The molecule has 1 amide bonds. The van der Waals surface area contributed by atoms with Gasteiger partial charge in [-0.25, -0.2) is 4.79 Å². The summed E-state index contributed by atoms with van der Waals surface area (Å²) in [5.41, 5.74) is 1.84. The van der Waals surface area contributed by atoms with Crippen molar-refractivity contribution in [2.45, 2.75) is 51.8 Å². The minimum atomic E-state index is -0.444. The number of rotatable bonds is 6. The summed E-state index contributed by atoms with van der Waals surface area (Å²) in [4.78, 5) is 21.2. The molecule has 8 nitrogen and oxygen atoms in total. The summed E-state index contributed by atoms with van der Waals surface area (Å²) < 4.78 is 16.5. The lowest BCUT2D eigenvalue weighted by Gasteiger charge is -2.39. The van der Waals surface area contributed by atoms with Gasteiger partial charge in [0.05, 0.1) is 38.5 Å². The van der Waals surface area contributed by atoms with E-state index in [4.69, 9.17) is 14.2 Å². The molecule has 2 aromatic rings. The summed E-state index contributed by atoms with van der Waals surface area (Å²) >= 11 is 0. The van der Waals surface area contributed by atoms with Gasteiger partial charge in [0.25, 0.3) is 0 Å². The van der Waals surface area contributed by atoms with Gasteiger partial charge in [0.1, 0.15) is 5.60 Å². The van der Waals surface area contributed by atoms with Crippen molar-refractivity contribution < 1.29 is 19.0 Å². The van der Waals surface area contributed by atoms with E-state index in [0.29, 0.717) is 32.4 Å². The number of hydrogen-bond acceptors (Lipinski definition) is 7. The number of carbonyl (C=O) groups excluding carboxylic acids is 1. The molecule has 2 aromatic heterocycles. The van der Waals surface area contributed by atoms with Crippen LogP contribution in [0, 0.1) is 0 Å². The number of likely N-dealkylation sites (tertiary alicyclic amines) is 1. The molecule has 0 aliphatic carbocycles. The maximum atomic E-state index is 11.7. The van der Waals surface area contributed by atoms with Crippen molar-refractivity contribution in [1.82, 2.24) is 20.2 Å². The lowest BCUT2D eigenvalue weighted by atomic mass is 10.1. The lowest BCUT2D eigenvalue weighted by Crippen LogP contribution is -2.55. The van der Waals surface area contributed by atoms with Crippen LogP contribution in [0.15, 0.2) is 49.1 Å². The molecule has 1 N–H and O–H groups in total. The van der Waals surface area contributed by atoms with Crippen LogP contribution in [0.25, 0.3) is 0 Å². The molecule has 2 saturated heterocycles. The number of halogens is 2. The standard InChI is InChI=1S/C14H20N2O3.C9H12N2O.2ClH/c1-14(2,3)19-13(17)16-8-12(9-16)18-10-11-4-6-15-7-5-11;1-3-10-4-2-8(1)7-12-9-5-11-6-9;;/h4-7,12H,8-10H2,1-3H3;1-4,9,11H,5-7H2;2*1H. The Kier molecular flexibility index (Phi) is 12.6. The predicted octanol–water partition coefficient (Wildman–Crippen LogP) is 3.63. The zero-order chi connectivity index (χ0) is 22.1. The minimum absolute atomic E-state index is 0. The van der Waals surface area contributed by atoms with E-state index in [1.54, 1.807) is 29.7 Å². The van der Waals surface area contributed by atoms with Crippen molar-refractivity contribution >= 4 is 30.9 Å². The lowest BCUT2D eigenvalue weighted by molar-refractivity contribution is -0.0691. The van der Waals surface area contributed by atoms with Crippen LogP contribution in [0.5, 0.6) is 0 Å². The first-order chi connectivity index (χ1) is 14.9. The fraction of sp³-hybridized carbons (Fsp3) is 0.522. The Morgan fingerprint density at radius 1 is 0.909 bits per heavy atom. The van der Waals surface area contributed by atoms with Gasteiger partial charge in [-0.15, -0.1) is 24.8 Å². The van der Waals surface area contributed by atoms with Gasteiger partial charge >= 0.3 is 6.09 Å². The smallest absolute Gasteiger partial charge is 0.410 e. The number of aromatic nitrogens is 2. The zero-order valence-corrected chi connectivity index (χ0v) is 20.9. The van der Waals surface area contributed by atoms with E-state index in [2.05, 4.69) is 15.3 Å². The van der Waals surface area contributed by atoms with Gasteiger partial charge in [0.15, 0.2) is 0 Å². The van der Waals surface area contributed by atoms with E-state index in [0.717, 1.165) is 18.7 Å². The van der Waals surface area contributed by atoms with Gasteiger partial charge in [-0.1, -0.05) is 0 Å². The highest BCUT2D eigenvalue weighted by molar-refractivity contribution is 5.85. The van der Waals surface area contributed by atoms with Crippen LogP contribution in [0.3, 0.4) is 0 Å². The fourth-order valence-electron chi connectivity index (χ4n) is 2.79. The molecule has 2 aliphatic rings. The van der Waals surface area contributed by atoms with Crippen LogP contribution < -0.4 is 5.32 Å². The summed E-state index contributed by atoms with van der Waals surface area (Å²) in [6, 6.07) is 7.80. The van der Waals surface area contributed by atoms with Gasteiger partial charge in [0.2, 0.25) is 0 Å². The second kappa shape index (κ2) is 14.3. The Bertz CT molecular complexity index is 799. The minimum Gasteiger partial charge on any atom is -0.444 e. The SMILES string of the molecule is CC(C)(C)OC(=O)N1CC(OCc2ccncc2)C1.Cl.Cl.c1cc(COC2CNC2)ccn1.